The fourth-order valence-corrected chi connectivity index (χ4v) is 5.65. The number of benzene rings is 2. The first-order chi connectivity index (χ1) is 12.5. The Bertz CT molecular complexity index is 968. The number of hydrogen-bond donors (Lipinski definition) is 1. The summed E-state index contributed by atoms with van der Waals surface area (Å²) >= 11 is 0. The van der Waals surface area contributed by atoms with Crippen LogP contribution in [-0.4, -0.2) is 26.0 Å². The molecule has 0 spiro atoms. The molecule has 26 heavy (non-hydrogen) atoms. The summed E-state index contributed by atoms with van der Waals surface area (Å²) in [4.78, 5) is 11.5. The van der Waals surface area contributed by atoms with Crippen molar-refractivity contribution < 1.29 is 18.3 Å². The maximum atomic E-state index is 13.3. The molecule has 1 aliphatic carbocycles. The molecule has 0 saturated carbocycles. The number of carboxylic acids is 1. The van der Waals surface area contributed by atoms with E-state index in [1.54, 1.807) is 24.3 Å². The molecule has 0 aromatic heterocycles. The van der Waals surface area contributed by atoms with Crippen molar-refractivity contribution in [2.24, 2.45) is 0 Å². The van der Waals surface area contributed by atoms with E-state index in [-0.39, 0.29) is 18.9 Å². The Labute approximate surface area is 153 Å². The number of hydrogen-bond acceptors (Lipinski definition) is 3. The third-order valence-corrected chi connectivity index (χ3v) is 7.14. The molecule has 0 unspecified atom stereocenters. The number of sulfonamides is 1. The molecule has 4 rings (SSSR count). The molecular formula is C20H21NO4S. The first-order valence-corrected chi connectivity index (χ1v) is 10.4. The Morgan fingerprint density at radius 1 is 1.08 bits per heavy atom. The Morgan fingerprint density at radius 3 is 2.58 bits per heavy atom. The number of rotatable bonds is 4. The van der Waals surface area contributed by atoms with Gasteiger partial charge < -0.3 is 5.11 Å². The second kappa shape index (κ2) is 6.43. The third-order valence-electron chi connectivity index (χ3n) is 5.36. The van der Waals surface area contributed by atoms with E-state index in [0.717, 1.165) is 36.8 Å². The van der Waals surface area contributed by atoms with Crippen molar-refractivity contribution in [3.63, 3.8) is 0 Å². The highest BCUT2D eigenvalue weighted by Gasteiger charge is 2.37. The van der Waals surface area contributed by atoms with Gasteiger partial charge in [-0.05, 0) is 60.6 Å². The van der Waals surface area contributed by atoms with Crippen molar-refractivity contribution in [1.29, 1.82) is 0 Å². The van der Waals surface area contributed by atoms with Crippen molar-refractivity contribution >= 4 is 21.7 Å². The summed E-state index contributed by atoms with van der Waals surface area (Å²) < 4.78 is 28.0. The molecule has 1 heterocycles. The van der Waals surface area contributed by atoms with Gasteiger partial charge >= 0.3 is 5.97 Å². The molecule has 2 aromatic rings. The maximum Gasteiger partial charge on any atom is 0.304 e. The van der Waals surface area contributed by atoms with Gasteiger partial charge in [-0.1, -0.05) is 24.3 Å². The molecule has 1 N–H and O–H groups in total. The van der Waals surface area contributed by atoms with Gasteiger partial charge in [0.15, 0.2) is 0 Å². The number of carbonyl (C=O) groups is 1. The zero-order valence-corrected chi connectivity index (χ0v) is 15.2. The topological polar surface area (TPSA) is 74.7 Å². The van der Waals surface area contributed by atoms with Crippen molar-refractivity contribution in [2.45, 2.75) is 42.9 Å². The first kappa shape index (κ1) is 17.1. The molecular weight excluding hydrogens is 350 g/mol. The first-order valence-electron chi connectivity index (χ1n) is 8.92. The maximum absolute atomic E-state index is 13.3. The number of aliphatic carboxylic acids is 1. The van der Waals surface area contributed by atoms with Gasteiger partial charge in [-0.15, -0.1) is 0 Å². The van der Waals surface area contributed by atoms with Crippen LogP contribution in [0.25, 0.3) is 0 Å². The van der Waals surface area contributed by atoms with Crippen LogP contribution >= 0.6 is 0 Å². The van der Waals surface area contributed by atoms with Gasteiger partial charge in [0.05, 0.1) is 17.0 Å². The summed E-state index contributed by atoms with van der Waals surface area (Å²) in [5.74, 6) is -1.24. The van der Waals surface area contributed by atoms with E-state index in [4.69, 9.17) is 0 Å². The Morgan fingerprint density at radius 2 is 1.81 bits per heavy atom. The van der Waals surface area contributed by atoms with Crippen molar-refractivity contribution in [2.75, 3.05) is 10.8 Å². The van der Waals surface area contributed by atoms with E-state index in [1.807, 2.05) is 18.2 Å². The lowest BCUT2D eigenvalue weighted by Crippen LogP contribution is -2.30. The Balaban J connectivity index is 1.73. The van der Waals surface area contributed by atoms with Gasteiger partial charge in [-0.2, -0.15) is 0 Å². The lowest BCUT2D eigenvalue weighted by molar-refractivity contribution is -0.137. The van der Waals surface area contributed by atoms with Crippen LogP contribution in [0.4, 0.5) is 5.69 Å². The molecule has 2 aromatic carbocycles. The van der Waals surface area contributed by atoms with Crippen LogP contribution in [0, 0.1) is 0 Å². The van der Waals surface area contributed by atoms with Gasteiger partial charge in [0.2, 0.25) is 0 Å². The van der Waals surface area contributed by atoms with E-state index in [2.05, 4.69) is 0 Å². The Hall–Kier alpha value is -2.34. The van der Waals surface area contributed by atoms with Gasteiger partial charge in [0, 0.05) is 12.5 Å². The number of nitrogens with zero attached hydrogens (tertiary/aromatic N) is 1. The van der Waals surface area contributed by atoms with Gasteiger partial charge in [0.25, 0.3) is 10.0 Å². The number of carboxylic acid groups (broad SMARTS) is 1. The molecule has 2 aliphatic rings. The highest BCUT2D eigenvalue weighted by molar-refractivity contribution is 7.92. The van der Waals surface area contributed by atoms with Crippen LogP contribution in [0.15, 0.2) is 47.4 Å². The average Bonchev–Trinajstić information content (AvgIpc) is 3.00. The molecule has 0 radical (unpaired) electrons. The Kier molecular flexibility index (Phi) is 4.23. The summed E-state index contributed by atoms with van der Waals surface area (Å²) in [6.07, 6.45) is 4.08. The standard InChI is InChI=1S/C20H21NO4S/c22-20(23)12-16-13-21(19-8-4-3-7-18(16)19)26(24,25)17-10-9-14-5-1-2-6-15(14)11-17/h3-4,7-11,16H,1-2,5-6,12-13H2,(H,22,23)/t16-/m1/s1. The van der Waals surface area contributed by atoms with E-state index < -0.39 is 16.0 Å². The zero-order valence-electron chi connectivity index (χ0n) is 14.4. The fourth-order valence-electron chi connectivity index (χ4n) is 4.07. The van der Waals surface area contributed by atoms with Gasteiger partial charge in [0.1, 0.15) is 0 Å². The highest BCUT2D eigenvalue weighted by atomic mass is 32.2. The average molecular weight is 371 g/mol. The molecule has 1 atom stereocenters. The molecule has 136 valence electrons. The summed E-state index contributed by atoms with van der Waals surface area (Å²) in [5, 5.41) is 9.17. The van der Waals surface area contributed by atoms with Crippen LogP contribution in [0.5, 0.6) is 0 Å². The van der Waals surface area contributed by atoms with Crippen LogP contribution in [0.3, 0.4) is 0 Å². The predicted octanol–water partition coefficient (Wildman–Crippen LogP) is 3.33. The van der Waals surface area contributed by atoms with E-state index in [0.29, 0.717) is 10.6 Å². The van der Waals surface area contributed by atoms with Gasteiger partial charge in [-0.3, -0.25) is 9.10 Å². The molecule has 5 nitrogen and oxygen atoms in total. The van der Waals surface area contributed by atoms with Gasteiger partial charge in [-0.25, -0.2) is 8.42 Å². The van der Waals surface area contributed by atoms with Crippen molar-refractivity contribution in [3.05, 3.63) is 59.2 Å². The highest BCUT2D eigenvalue weighted by Crippen LogP contribution is 2.41. The summed E-state index contributed by atoms with van der Waals surface area (Å²) in [7, 11) is -3.71. The monoisotopic (exact) mass is 371 g/mol. The SMILES string of the molecule is O=C(O)C[C@@H]1CN(S(=O)(=O)c2ccc3c(c2)CCCC3)c2ccccc21. The van der Waals surface area contributed by atoms with E-state index in [9.17, 15) is 18.3 Å². The molecule has 0 amide bonds. The zero-order chi connectivity index (χ0) is 18.3. The second-order valence-corrected chi connectivity index (χ2v) is 8.89. The van der Waals surface area contributed by atoms with Crippen LogP contribution < -0.4 is 4.31 Å². The molecule has 6 heteroatoms. The van der Waals surface area contributed by atoms with E-state index >= 15 is 0 Å². The quantitative estimate of drug-likeness (QED) is 0.894. The van der Waals surface area contributed by atoms with Crippen LogP contribution in [-0.2, 0) is 27.7 Å². The van der Waals surface area contributed by atoms with Crippen molar-refractivity contribution in [3.8, 4) is 0 Å². The minimum atomic E-state index is -3.71. The molecule has 1 aliphatic heterocycles. The normalized spacial score (nSPS) is 19.1. The van der Waals surface area contributed by atoms with E-state index in [1.165, 1.54) is 9.87 Å². The number of fused-ring (bicyclic) bond motifs is 2. The summed E-state index contributed by atoms with van der Waals surface area (Å²) in [5.41, 5.74) is 3.74. The lowest BCUT2D eigenvalue weighted by Gasteiger charge is -2.22. The van der Waals surface area contributed by atoms with Crippen LogP contribution in [0.1, 0.15) is 41.9 Å². The van der Waals surface area contributed by atoms with Crippen LogP contribution in [0.2, 0.25) is 0 Å². The number of aryl methyl sites for hydroxylation is 2. The smallest absolute Gasteiger partial charge is 0.304 e. The number of para-hydroxylation sites is 1. The molecule has 0 bridgehead atoms. The fraction of sp³-hybridized carbons (Fsp3) is 0.350. The lowest BCUT2D eigenvalue weighted by atomic mass is 9.92. The third kappa shape index (κ3) is 2.88. The second-order valence-electron chi connectivity index (χ2n) is 7.03. The summed E-state index contributed by atoms with van der Waals surface area (Å²) in [6, 6.07) is 12.6. The predicted molar refractivity (Wildman–Crippen MR) is 99.1 cm³/mol. The summed E-state index contributed by atoms with van der Waals surface area (Å²) in [6.45, 7) is 0.172. The largest absolute Gasteiger partial charge is 0.481 e. The minimum Gasteiger partial charge on any atom is -0.481 e. The minimum absolute atomic E-state index is 0.0762. The van der Waals surface area contributed by atoms with Crippen molar-refractivity contribution in [1.82, 2.24) is 0 Å². The molecule has 0 fully saturated rings. The number of anilines is 1. The molecule has 0 saturated heterocycles.